The van der Waals surface area contributed by atoms with Gasteiger partial charge in [0.2, 0.25) is 10.0 Å². The number of nitrogens with zero attached hydrogens (tertiary/aromatic N) is 2. The highest BCUT2D eigenvalue weighted by Crippen LogP contribution is 2.17. The molecular formula is C20H24FN3O3S. The monoisotopic (exact) mass is 405 g/mol. The summed E-state index contributed by atoms with van der Waals surface area (Å²) in [7, 11) is -3.39. The molecule has 0 spiro atoms. The number of anilines is 1. The summed E-state index contributed by atoms with van der Waals surface area (Å²) in [5.74, 6) is -0.384. The van der Waals surface area contributed by atoms with Crippen LogP contribution in [0, 0.1) is 5.82 Å². The molecule has 0 aliphatic carbocycles. The van der Waals surface area contributed by atoms with E-state index in [9.17, 15) is 17.6 Å². The lowest BCUT2D eigenvalue weighted by Crippen LogP contribution is -2.48. The minimum absolute atomic E-state index is 0.0326. The Hall–Kier alpha value is -2.45. The quantitative estimate of drug-likeness (QED) is 0.802. The Morgan fingerprint density at radius 1 is 1.07 bits per heavy atom. The first-order valence-electron chi connectivity index (χ1n) is 9.23. The minimum atomic E-state index is -3.39. The highest BCUT2D eigenvalue weighted by molar-refractivity contribution is 7.92. The number of sulfonamides is 1. The molecular weight excluding hydrogens is 381 g/mol. The highest BCUT2D eigenvalue weighted by Gasteiger charge is 2.23. The Bertz CT molecular complexity index is 941. The highest BCUT2D eigenvalue weighted by atomic mass is 32.2. The summed E-state index contributed by atoms with van der Waals surface area (Å²) in [5, 5.41) is 0. The Kier molecular flexibility index (Phi) is 6.31. The van der Waals surface area contributed by atoms with Crippen molar-refractivity contribution in [2.24, 2.45) is 0 Å². The summed E-state index contributed by atoms with van der Waals surface area (Å²) in [6, 6.07) is 13.2. The molecule has 1 fully saturated rings. The first-order valence-corrected chi connectivity index (χ1v) is 10.9. The third kappa shape index (κ3) is 5.08. The number of carbonyl (C=O) groups is 1. The van der Waals surface area contributed by atoms with Crippen molar-refractivity contribution in [2.75, 3.05) is 36.7 Å². The summed E-state index contributed by atoms with van der Waals surface area (Å²) in [6.45, 7) is 4.46. The van der Waals surface area contributed by atoms with E-state index in [1.807, 2.05) is 6.07 Å². The smallest absolute Gasteiger partial charge is 0.254 e. The maximum atomic E-state index is 13.8. The molecule has 0 radical (unpaired) electrons. The predicted octanol–water partition coefficient (Wildman–Crippen LogP) is 2.55. The molecule has 6 nitrogen and oxygen atoms in total. The maximum absolute atomic E-state index is 13.8. The molecule has 0 unspecified atom stereocenters. The average Bonchev–Trinajstić information content (AvgIpc) is 2.70. The first kappa shape index (κ1) is 20.3. The second kappa shape index (κ2) is 8.70. The zero-order valence-corrected chi connectivity index (χ0v) is 16.6. The van der Waals surface area contributed by atoms with Gasteiger partial charge in [0.05, 0.1) is 5.75 Å². The minimum Gasteiger partial charge on any atom is -0.336 e. The van der Waals surface area contributed by atoms with Crippen molar-refractivity contribution in [3.8, 4) is 0 Å². The van der Waals surface area contributed by atoms with Crippen molar-refractivity contribution in [1.29, 1.82) is 0 Å². The maximum Gasteiger partial charge on any atom is 0.254 e. The number of nitrogens with one attached hydrogen (secondary N) is 1. The molecule has 1 N–H and O–H groups in total. The van der Waals surface area contributed by atoms with Crippen molar-refractivity contribution in [2.45, 2.75) is 13.5 Å². The Balaban J connectivity index is 1.60. The molecule has 2 aromatic carbocycles. The Labute approximate surface area is 165 Å². The van der Waals surface area contributed by atoms with Crippen LogP contribution in [0.2, 0.25) is 0 Å². The second-order valence-corrected chi connectivity index (χ2v) is 8.76. The van der Waals surface area contributed by atoms with Crippen molar-refractivity contribution in [3.63, 3.8) is 0 Å². The van der Waals surface area contributed by atoms with Crippen molar-refractivity contribution in [1.82, 2.24) is 9.80 Å². The topological polar surface area (TPSA) is 69.7 Å². The van der Waals surface area contributed by atoms with Gasteiger partial charge in [-0.25, -0.2) is 12.8 Å². The zero-order valence-electron chi connectivity index (χ0n) is 15.8. The van der Waals surface area contributed by atoms with Gasteiger partial charge < -0.3 is 4.90 Å². The van der Waals surface area contributed by atoms with E-state index in [2.05, 4.69) is 9.62 Å². The largest absolute Gasteiger partial charge is 0.336 e. The number of hydrogen-bond donors (Lipinski definition) is 1. The van der Waals surface area contributed by atoms with Crippen LogP contribution in [0.25, 0.3) is 0 Å². The van der Waals surface area contributed by atoms with Gasteiger partial charge in [0, 0.05) is 49.5 Å². The van der Waals surface area contributed by atoms with E-state index >= 15 is 0 Å². The fourth-order valence-corrected chi connectivity index (χ4v) is 3.76. The van der Waals surface area contributed by atoms with E-state index in [0.29, 0.717) is 49.5 Å². The molecule has 1 aliphatic heterocycles. The molecule has 1 amide bonds. The fraction of sp³-hybridized carbons (Fsp3) is 0.350. The number of rotatable bonds is 6. The Morgan fingerprint density at radius 2 is 1.79 bits per heavy atom. The van der Waals surface area contributed by atoms with Crippen LogP contribution in [0.5, 0.6) is 0 Å². The van der Waals surface area contributed by atoms with Gasteiger partial charge in [-0.1, -0.05) is 24.3 Å². The SMILES string of the molecule is CCS(=O)(=O)Nc1cccc(C(=O)N2CCN(Cc3ccccc3F)CC2)c1. The molecule has 2 aromatic rings. The Morgan fingerprint density at radius 3 is 2.46 bits per heavy atom. The van der Waals surface area contributed by atoms with Crippen LogP contribution in [-0.4, -0.2) is 56.1 Å². The fourth-order valence-electron chi connectivity index (χ4n) is 3.13. The molecule has 8 heteroatoms. The van der Waals surface area contributed by atoms with Gasteiger partial charge in [0.1, 0.15) is 5.82 Å². The molecule has 0 atom stereocenters. The molecule has 0 bridgehead atoms. The average molecular weight is 405 g/mol. The lowest BCUT2D eigenvalue weighted by atomic mass is 10.1. The van der Waals surface area contributed by atoms with Gasteiger partial charge >= 0.3 is 0 Å². The normalized spacial score (nSPS) is 15.4. The lowest BCUT2D eigenvalue weighted by molar-refractivity contribution is 0.0627. The number of piperazine rings is 1. The number of benzene rings is 2. The van der Waals surface area contributed by atoms with E-state index in [1.165, 1.54) is 6.07 Å². The standard InChI is InChI=1S/C20H24FN3O3S/c1-2-28(26,27)22-18-8-5-7-16(14-18)20(25)24-12-10-23(11-13-24)15-17-6-3-4-9-19(17)21/h3-9,14,22H,2,10-13,15H2,1H3. The molecule has 0 aromatic heterocycles. The van der Waals surface area contributed by atoms with Crippen molar-refractivity contribution in [3.05, 3.63) is 65.5 Å². The van der Waals surface area contributed by atoms with Crippen LogP contribution < -0.4 is 4.72 Å². The predicted molar refractivity (Wildman–Crippen MR) is 107 cm³/mol. The number of hydrogen-bond acceptors (Lipinski definition) is 4. The van der Waals surface area contributed by atoms with E-state index in [1.54, 1.807) is 48.2 Å². The molecule has 1 heterocycles. The van der Waals surface area contributed by atoms with E-state index in [-0.39, 0.29) is 17.5 Å². The molecule has 150 valence electrons. The molecule has 1 saturated heterocycles. The van der Waals surface area contributed by atoms with Crippen molar-refractivity contribution >= 4 is 21.6 Å². The number of amides is 1. The summed E-state index contributed by atoms with van der Waals surface area (Å²) >= 11 is 0. The van der Waals surface area contributed by atoms with Gasteiger partial charge in [0.15, 0.2) is 0 Å². The third-order valence-electron chi connectivity index (χ3n) is 4.77. The van der Waals surface area contributed by atoms with E-state index in [4.69, 9.17) is 0 Å². The van der Waals surface area contributed by atoms with Crippen LogP contribution in [0.3, 0.4) is 0 Å². The number of carbonyl (C=O) groups excluding carboxylic acids is 1. The van der Waals surface area contributed by atoms with Gasteiger partial charge in [-0.15, -0.1) is 0 Å². The third-order valence-corrected chi connectivity index (χ3v) is 6.08. The van der Waals surface area contributed by atoms with Gasteiger partial charge in [-0.2, -0.15) is 0 Å². The molecule has 28 heavy (non-hydrogen) atoms. The molecule has 0 saturated carbocycles. The van der Waals surface area contributed by atoms with Gasteiger partial charge in [-0.05, 0) is 31.2 Å². The lowest BCUT2D eigenvalue weighted by Gasteiger charge is -2.35. The zero-order chi connectivity index (χ0) is 20.1. The summed E-state index contributed by atoms with van der Waals surface area (Å²) in [5.41, 5.74) is 1.47. The van der Waals surface area contributed by atoms with Gasteiger partial charge in [-0.3, -0.25) is 14.4 Å². The van der Waals surface area contributed by atoms with Crippen LogP contribution in [0.15, 0.2) is 48.5 Å². The second-order valence-electron chi connectivity index (χ2n) is 6.75. The van der Waals surface area contributed by atoms with Crippen LogP contribution in [0.1, 0.15) is 22.8 Å². The van der Waals surface area contributed by atoms with Gasteiger partial charge in [0.25, 0.3) is 5.91 Å². The van der Waals surface area contributed by atoms with Crippen LogP contribution in [-0.2, 0) is 16.6 Å². The van der Waals surface area contributed by atoms with Crippen LogP contribution >= 0.6 is 0 Å². The molecule has 3 rings (SSSR count). The van der Waals surface area contributed by atoms with Crippen LogP contribution in [0.4, 0.5) is 10.1 Å². The summed E-state index contributed by atoms with van der Waals surface area (Å²) in [6.07, 6.45) is 0. The van der Waals surface area contributed by atoms with Crippen molar-refractivity contribution < 1.29 is 17.6 Å². The first-order chi connectivity index (χ1) is 13.4. The summed E-state index contributed by atoms with van der Waals surface area (Å²) in [4.78, 5) is 16.6. The van der Waals surface area contributed by atoms with E-state index < -0.39 is 10.0 Å². The number of halogens is 1. The molecule has 1 aliphatic rings. The summed E-state index contributed by atoms with van der Waals surface area (Å²) < 4.78 is 39.7. The van der Waals surface area contributed by atoms with E-state index in [0.717, 1.165) is 0 Å².